The van der Waals surface area contributed by atoms with Crippen LogP contribution in [0.1, 0.15) is 117 Å². The summed E-state index contributed by atoms with van der Waals surface area (Å²) in [6, 6.07) is 0. The summed E-state index contributed by atoms with van der Waals surface area (Å²) in [5, 5.41) is 18.7. The lowest BCUT2D eigenvalue weighted by Gasteiger charge is -2.13. The van der Waals surface area contributed by atoms with Gasteiger partial charge in [0.15, 0.2) is 0 Å². The maximum atomic E-state index is 9.50. The van der Waals surface area contributed by atoms with Crippen molar-refractivity contribution in [1.82, 2.24) is 0 Å². The highest BCUT2D eigenvalue weighted by Gasteiger charge is 2.07. The molecule has 0 aromatic heterocycles. The molecule has 2 nitrogen and oxygen atoms in total. The van der Waals surface area contributed by atoms with Gasteiger partial charge in [-0.2, -0.15) is 0 Å². The average molecular weight is 329 g/mol. The molecule has 0 spiro atoms. The van der Waals surface area contributed by atoms with Crippen LogP contribution in [0, 0.1) is 5.92 Å². The van der Waals surface area contributed by atoms with E-state index in [9.17, 15) is 10.2 Å². The van der Waals surface area contributed by atoms with E-state index in [2.05, 4.69) is 6.92 Å². The van der Waals surface area contributed by atoms with Crippen molar-refractivity contribution >= 4 is 0 Å². The Labute approximate surface area is 146 Å². The molecule has 0 heterocycles. The van der Waals surface area contributed by atoms with E-state index in [-0.39, 0.29) is 6.10 Å². The minimum Gasteiger partial charge on any atom is -0.396 e. The van der Waals surface area contributed by atoms with E-state index in [0.29, 0.717) is 12.5 Å². The molecule has 0 saturated carbocycles. The minimum absolute atomic E-state index is 0.132. The Morgan fingerprint density at radius 3 is 1.39 bits per heavy atom. The summed E-state index contributed by atoms with van der Waals surface area (Å²) in [6.07, 6.45) is 20.4. The number of unbranched alkanes of at least 4 members (excludes halogenated alkanes) is 11. The van der Waals surface area contributed by atoms with Gasteiger partial charge in [0, 0.05) is 6.61 Å². The quantitative estimate of drug-likeness (QED) is 0.292. The summed E-state index contributed by atoms with van der Waals surface area (Å²) in [7, 11) is 0. The topological polar surface area (TPSA) is 40.5 Å². The van der Waals surface area contributed by atoms with E-state index in [1.165, 1.54) is 89.9 Å². The maximum Gasteiger partial charge on any atom is 0.0512 e. The molecule has 0 bridgehead atoms. The van der Waals surface area contributed by atoms with Crippen LogP contribution in [0.3, 0.4) is 0 Å². The molecule has 2 unspecified atom stereocenters. The lowest BCUT2D eigenvalue weighted by molar-refractivity contribution is 0.180. The second-order valence-electron chi connectivity index (χ2n) is 7.51. The van der Waals surface area contributed by atoms with Crippen molar-refractivity contribution in [2.45, 2.75) is 123 Å². The van der Waals surface area contributed by atoms with E-state index < -0.39 is 0 Å². The molecule has 0 rings (SSSR count). The largest absolute Gasteiger partial charge is 0.396 e. The number of aliphatic hydroxyl groups excluding tert-OH is 2. The molecule has 2 atom stereocenters. The highest BCUT2D eigenvalue weighted by molar-refractivity contribution is 4.59. The average Bonchev–Trinajstić information content (AvgIpc) is 2.54. The van der Waals surface area contributed by atoms with E-state index in [1.807, 2.05) is 6.92 Å². The predicted octanol–water partition coefficient (Wildman–Crippen LogP) is 6.24. The summed E-state index contributed by atoms with van der Waals surface area (Å²) in [6.45, 7) is 4.52. The molecule has 0 aromatic rings. The van der Waals surface area contributed by atoms with Gasteiger partial charge in [0.25, 0.3) is 0 Å². The van der Waals surface area contributed by atoms with E-state index in [0.717, 1.165) is 12.8 Å². The van der Waals surface area contributed by atoms with Crippen molar-refractivity contribution in [1.29, 1.82) is 0 Å². The Balaban J connectivity index is 3.31. The molecule has 0 radical (unpaired) electrons. The first-order chi connectivity index (χ1) is 11.2. The summed E-state index contributed by atoms with van der Waals surface area (Å²) >= 11 is 0. The second kappa shape index (κ2) is 18.3. The van der Waals surface area contributed by atoms with Crippen LogP contribution in [0.5, 0.6) is 0 Å². The molecule has 23 heavy (non-hydrogen) atoms. The number of aliphatic hydroxyl groups is 2. The van der Waals surface area contributed by atoms with Crippen molar-refractivity contribution in [2.24, 2.45) is 5.92 Å². The third-order valence-corrected chi connectivity index (χ3v) is 4.96. The number of hydrogen-bond donors (Lipinski definition) is 2. The van der Waals surface area contributed by atoms with Gasteiger partial charge in [-0.1, -0.05) is 90.4 Å². The molecule has 0 aromatic carbocycles. The normalized spacial score (nSPS) is 14.1. The molecular weight excluding hydrogens is 284 g/mol. The fraction of sp³-hybridized carbons (Fsp3) is 1.00. The zero-order valence-corrected chi connectivity index (χ0v) is 16.1. The van der Waals surface area contributed by atoms with Crippen LogP contribution in [0.15, 0.2) is 0 Å². The van der Waals surface area contributed by atoms with Crippen LogP contribution in [0.2, 0.25) is 0 Å². The second-order valence-corrected chi connectivity index (χ2v) is 7.51. The number of rotatable bonds is 18. The Hall–Kier alpha value is -0.0800. The van der Waals surface area contributed by atoms with Gasteiger partial charge in [-0.25, -0.2) is 0 Å². The van der Waals surface area contributed by atoms with Crippen molar-refractivity contribution in [3.05, 3.63) is 0 Å². The molecule has 2 N–H and O–H groups in total. The van der Waals surface area contributed by atoms with E-state index in [4.69, 9.17) is 0 Å². The standard InChI is InChI=1S/C21H44O2/c1-3-4-5-6-7-11-14-17-21(19-22)18-15-12-9-8-10-13-16-20(2)23/h20-23H,3-19H2,1-2H3. The minimum atomic E-state index is -0.132. The monoisotopic (exact) mass is 328 g/mol. The summed E-state index contributed by atoms with van der Waals surface area (Å²) in [5.74, 6) is 0.542. The van der Waals surface area contributed by atoms with Crippen molar-refractivity contribution in [3.63, 3.8) is 0 Å². The summed E-state index contributed by atoms with van der Waals surface area (Å²) in [4.78, 5) is 0. The third kappa shape index (κ3) is 18.1. The van der Waals surface area contributed by atoms with Crippen molar-refractivity contribution in [3.8, 4) is 0 Å². The summed E-state index contributed by atoms with van der Waals surface area (Å²) in [5.41, 5.74) is 0. The SMILES string of the molecule is CCCCCCCCCC(CO)CCCCCCCCC(C)O. The third-order valence-electron chi connectivity index (χ3n) is 4.96. The predicted molar refractivity (Wildman–Crippen MR) is 102 cm³/mol. The van der Waals surface area contributed by atoms with E-state index >= 15 is 0 Å². The molecule has 0 aliphatic heterocycles. The zero-order chi connectivity index (χ0) is 17.2. The van der Waals surface area contributed by atoms with Crippen molar-refractivity contribution < 1.29 is 10.2 Å². The lowest BCUT2D eigenvalue weighted by atomic mass is 9.95. The fourth-order valence-electron chi connectivity index (χ4n) is 3.30. The Morgan fingerprint density at radius 1 is 0.609 bits per heavy atom. The van der Waals surface area contributed by atoms with Crippen LogP contribution in [-0.4, -0.2) is 22.9 Å². The van der Waals surface area contributed by atoms with Gasteiger partial charge in [0.05, 0.1) is 6.10 Å². The van der Waals surface area contributed by atoms with Gasteiger partial charge in [-0.3, -0.25) is 0 Å². The van der Waals surface area contributed by atoms with Crippen LogP contribution in [0.25, 0.3) is 0 Å². The van der Waals surface area contributed by atoms with Crippen LogP contribution >= 0.6 is 0 Å². The fourth-order valence-corrected chi connectivity index (χ4v) is 3.30. The highest BCUT2D eigenvalue weighted by atomic mass is 16.3. The van der Waals surface area contributed by atoms with Gasteiger partial charge < -0.3 is 10.2 Å². The van der Waals surface area contributed by atoms with Crippen LogP contribution in [-0.2, 0) is 0 Å². The number of hydrogen-bond acceptors (Lipinski definition) is 2. The van der Waals surface area contributed by atoms with Gasteiger partial charge in [-0.05, 0) is 32.1 Å². The van der Waals surface area contributed by atoms with Gasteiger partial charge in [0.2, 0.25) is 0 Å². The van der Waals surface area contributed by atoms with Crippen LogP contribution in [0.4, 0.5) is 0 Å². The Bertz CT molecular complexity index is 216. The Kier molecular flexibility index (Phi) is 18.2. The molecular formula is C21H44O2. The molecule has 0 amide bonds. The van der Waals surface area contributed by atoms with Gasteiger partial charge in [-0.15, -0.1) is 0 Å². The zero-order valence-electron chi connectivity index (χ0n) is 16.1. The molecule has 140 valence electrons. The molecule has 0 saturated heterocycles. The van der Waals surface area contributed by atoms with E-state index in [1.54, 1.807) is 0 Å². The lowest BCUT2D eigenvalue weighted by Crippen LogP contribution is -2.06. The first-order valence-electron chi connectivity index (χ1n) is 10.5. The molecule has 2 heteroatoms. The molecule has 0 aliphatic carbocycles. The molecule has 0 aliphatic rings. The first-order valence-corrected chi connectivity index (χ1v) is 10.5. The van der Waals surface area contributed by atoms with Gasteiger partial charge >= 0.3 is 0 Å². The highest BCUT2D eigenvalue weighted by Crippen LogP contribution is 2.19. The molecule has 0 fully saturated rings. The van der Waals surface area contributed by atoms with Crippen molar-refractivity contribution in [2.75, 3.05) is 6.61 Å². The summed E-state index contributed by atoms with van der Waals surface area (Å²) < 4.78 is 0. The smallest absolute Gasteiger partial charge is 0.0512 e. The maximum absolute atomic E-state index is 9.50. The Morgan fingerprint density at radius 2 is 1.00 bits per heavy atom. The van der Waals surface area contributed by atoms with Gasteiger partial charge in [0.1, 0.15) is 0 Å². The van der Waals surface area contributed by atoms with Crippen LogP contribution < -0.4 is 0 Å². The first kappa shape index (κ1) is 22.9.